The molecule has 2 N–H and O–H groups in total. The van der Waals surface area contributed by atoms with Gasteiger partial charge in [-0.1, -0.05) is 19.3 Å². The van der Waals surface area contributed by atoms with Crippen LogP contribution in [0.4, 0.5) is 11.4 Å². The summed E-state index contributed by atoms with van der Waals surface area (Å²) in [7, 11) is 0. The second-order valence-corrected chi connectivity index (χ2v) is 4.23. The molecular formula is C11H15N3O2. The Morgan fingerprint density at radius 3 is 2.69 bits per heavy atom. The lowest BCUT2D eigenvalue weighted by molar-refractivity contribution is -0.385. The lowest BCUT2D eigenvalue weighted by Gasteiger charge is -2.20. The zero-order valence-electron chi connectivity index (χ0n) is 9.06. The number of hydrogen-bond acceptors (Lipinski definition) is 4. The smallest absolute Gasteiger partial charge is 0.313 e. The van der Waals surface area contributed by atoms with Crippen molar-refractivity contribution in [1.82, 2.24) is 4.98 Å². The van der Waals surface area contributed by atoms with Crippen molar-refractivity contribution in [2.24, 2.45) is 0 Å². The maximum atomic E-state index is 11.0. The van der Waals surface area contributed by atoms with Crippen molar-refractivity contribution >= 4 is 11.4 Å². The van der Waals surface area contributed by atoms with Gasteiger partial charge < -0.3 is 5.73 Å². The Hall–Kier alpha value is -1.65. The first kappa shape index (κ1) is 10.9. The zero-order valence-corrected chi connectivity index (χ0v) is 9.06. The predicted molar refractivity (Wildman–Crippen MR) is 61.1 cm³/mol. The molecule has 0 aromatic carbocycles. The first-order valence-electron chi connectivity index (χ1n) is 5.59. The van der Waals surface area contributed by atoms with Crippen molar-refractivity contribution < 1.29 is 4.92 Å². The fourth-order valence-electron chi connectivity index (χ4n) is 2.36. The third kappa shape index (κ3) is 1.98. The van der Waals surface area contributed by atoms with E-state index in [-0.39, 0.29) is 17.3 Å². The Balaban J connectivity index is 2.38. The van der Waals surface area contributed by atoms with Gasteiger partial charge in [0.2, 0.25) is 0 Å². The Morgan fingerprint density at radius 2 is 2.06 bits per heavy atom. The number of aromatic nitrogens is 1. The maximum Gasteiger partial charge on any atom is 0.313 e. The highest BCUT2D eigenvalue weighted by molar-refractivity contribution is 5.60. The quantitative estimate of drug-likeness (QED) is 0.614. The molecule has 1 fully saturated rings. The molecule has 1 heterocycles. The van der Waals surface area contributed by atoms with Crippen molar-refractivity contribution in [1.29, 1.82) is 0 Å². The van der Waals surface area contributed by atoms with E-state index >= 15 is 0 Å². The fraction of sp³-hybridized carbons (Fsp3) is 0.545. The molecule has 5 heteroatoms. The van der Waals surface area contributed by atoms with Crippen LogP contribution in [0.25, 0.3) is 0 Å². The molecule has 1 aromatic heterocycles. The second kappa shape index (κ2) is 4.47. The second-order valence-electron chi connectivity index (χ2n) is 4.23. The highest BCUT2D eigenvalue weighted by Gasteiger charge is 2.27. The van der Waals surface area contributed by atoms with Crippen LogP contribution in [0.15, 0.2) is 12.3 Å². The lowest BCUT2D eigenvalue weighted by Crippen LogP contribution is -2.10. The standard InChI is InChI=1S/C11H15N3O2/c12-9-6-7-13-10(11(9)14(15)16)8-4-2-1-3-5-8/h6-8H,1-5H2,(H2,12,13). The van der Waals surface area contributed by atoms with Crippen LogP contribution in [0.2, 0.25) is 0 Å². The van der Waals surface area contributed by atoms with Gasteiger partial charge in [0.1, 0.15) is 11.4 Å². The van der Waals surface area contributed by atoms with Crippen LogP contribution in [0.3, 0.4) is 0 Å². The average molecular weight is 221 g/mol. The molecule has 0 radical (unpaired) electrons. The molecule has 5 nitrogen and oxygen atoms in total. The van der Waals surface area contributed by atoms with Crippen LogP contribution in [-0.2, 0) is 0 Å². The van der Waals surface area contributed by atoms with E-state index in [2.05, 4.69) is 4.98 Å². The minimum Gasteiger partial charge on any atom is -0.393 e. The van der Waals surface area contributed by atoms with Crippen LogP contribution in [0, 0.1) is 10.1 Å². The molecule has 1 saturated carbocycles. The number of pyridine rings is 1. The Kier molecular flexibility index (Phi) is 3.03. The number of nitrogens with zero attached hydrogens (tertiary/aromatic N) is 2. The van der Waals surface area contributed by atoms with Gasteiger partial charge in [-0.25, -0.2) is 0 Å². The monoisotopic (exact) mass is 221 g/mol. The molecule has 0 aliphatic heterocycles. The largest absolute Gasteiger partial charge is 0.393 e. The molecule has 1 aliphatic carbocycles. The highest BCUT2D eigenvalue weighted by atomic mass is 16.6. The van der Waals surface area contributed by atoms with Crippen LogP contribution in [0.1, 0.15) is 43.7 Å². The van der Waals surface area contributed by atoms with Crippen LogP contribution < -0.4 is 5.73 Å². The molecule has 1 aliphatic rings. The van der Waals surface area contributed by atoms with Crippen molar-refractivity contribution in [3.8, 4) is 0 Å². The molecule has 0 amide bonds. The molecule has 86 valence electrons. The van der Waals surface area contributed by atoms with Gasteiger partial charge in [0.25, 0.3) is 0 Å². The van der Waals surface area contributed by atoms with Gasteiger partial charge >= 0.3 is 5.69 Å². The number of anilines is 1. The lowest BCUT2D eigenvalue weighted by atomic mass is 9.86. The summed E-state index contributed by atoms with van der Waals surface area (Å²) in [5, 5.41) is 11.0. The van der Waals surface area contributed by atoms with E-state index in [0.717, 1.165) is 25.7 Å². The SMILES string of the molecule is Nc1ccnc(C2CCCCC2)c1[N+](=O)[O-]. The van der Waals surface area contributed by atoms with Crippen LogP contribution in [-0.4, -0.2) is 9.91 Å². The van der Waals surface area contributed by atoms with Crippen molar-refractivity contribution in [2.75, 3.05) is 5.73 Å². The van der Waals surface area contributed by atoms with Gasteiger partial charge in [-0.2, -0.15) is 0 Å². The normalized spacial score (nSPS) is 17.2. The minimum atomic E-state index is -0.410. The highest BCUT2D eigenvalue weighted by Crippen LogP contribution is 2.37. The number of rotatable bonds is 2. The van der Waals surface area contributed by atoms with Gasteiger partial charge in [-0.3, -0.25) is 15.1 Å². The van der Waals surface area contributed by atoms with E-state index < -0.39 is 4.92 Å². The Labute approximate surface area is 93.8 Å². The predicted octanol–water partition coefficient (Wildman–Crippen LogP) is 2.62. The molecule has 2 rings (SSSR count). The third-order valence-electron chi connectivity index (χ3n) is 3.16. The van der Waals surface area contributed by atoms with E-state index in [4.69, 9.17) is 5.73 Å². The number of nitrogen functional groups attached to an aromatic ring is 1. The Bertz CT molecular complexity index is 400. The fourth-order valence-corrected chi connectivity index (χ4v) is 2.36. The summed E-state index contributed by atoms with van der Waals surface area (Å²) in [6, 6.07) is 1.49. The molecule has 1 aromatic rings. The number of nitro groups is 1. The molecular weight excluding hydrogens is 206 g/mol. The molecule has 0 atom stereocenters. The zero-order chi connectivity index (χ0) is 11.5. The summed E-state index contributed by atoms with van der Waals surface area (Å²) in [5.74, 6) is 0.206. The van der Waals surface area contributed by atoms with Gasteiger partial charge in [-0.15, -0.1) is 0 Å². The summed E-state index contributed by atoms with van der Waals surface area (Å²) < 4.78 is 0. The van der Waals surface area contributed by atoms with E-state index in [9.17, 15) is 10.1 Å². The minimum absolute atomic E-state index is 0.00870. The topological polar surface area (TPSA) is 82.0 Å². The number of nitrogens with two attached hydrogens (primary N) is 1. The molecule has 0 bridgehead atoms. The molecule has 0 saturated heterocycles. The summed E-state index contributed by atoms with van der Waals surface area (Å²) in [5.41, 5.74) is 6.45. The molecule has 16 heavy (non-hydrogen) atoms. The van der Waals surface area contributed by atoms with E-state index in [0.29, 0.717) is 5.69 Å². The van der Waals surface area contributed by atoms with Gasteiger partial charge in [0, 0.05) is 12.1 Å². The van der Waals surface area contributed by atoms with Crippen molar-refractivity contribution in [2.45, 2.75) is 38.0 Å². The van der Waals surface area contributed by atoms with Crippen LogP contribution in [0.5, 0.6) is 0 Å². The van der Waals surface area contributed by atoms with Crippen molar-refractivity contribution in [3.05, 3.63) is 28.1 Å². The van der Waals surface area contributed by atoms with Crippen LogP contribution >= 0.6 is 0 Å². The number of hydrogen-bond donors (Lipinski definition) is 1. The summed E-state index contributed by atoms with van der Waals surface area (Å²) in [6.45, 7) is 0. The molecule has 0 unspecified atom stereocenters. The first-order valence-corrected chi connectivity index (χ1v) is 5.59. The van der Waals surface area contributed by atoms with Gasteiger partial charge in [0.15, 0.2) is 0 Å². The Morgan fingerprint density at radius 1 is 1.38 bits per heavy atom. The van der Waals surface area contributed by atoms with Gasteiger partial charge in [-0.05, 0) is 18.9 Å². The van der Waals surface area contributed by atoms with E-state index in [1.807, 2.05) is 0 Å². The third-order valence-corrected chi connectivity index (χ3v) is 3.16. The summed E-state index contributed by atoms with van der Waals surface area (Å²) >= 11 is 0. The van der Waals surface area contributed by atoms with E-state index in [1.54, 1.807) is 6.20 Å². The molecule has 0 spiro atoms. The van der Waals surface area contributed by atoms with Crippen molar-refractivity contribution in [3.63, 3.8) is 0 Å². The van der Waals surface area contributed by atoms with E-state index in [1.165, 1.54) is 12.5 Å². The first-order chi connectivity index (χ1) is 7.70. The average Bonchev–Trinajstić information content (AvgIpc) is 2.29. The summed E-state index contributed by atoms with van der Waals surface area (Å²) in [4.78, 5) is 14.7. The summed E-state index contributed by atoms with van der Waals surface area (Å²) in [6.07, 6.45) is 6.99. The maximum absolute atomic E-state index is 11.0. The van der Waals surface area contributed by atoms with Gasteiger partial charge in [0.05, 0.1) is 4.92 Å².